The number of carboxylic acids is 1. The maximum absolute atomic E-state index is 12.4. The second-order valence-electron chi connectivity index (χ2n) is 4.62. The van der Waals surface area contributed by atoms with Crippen LogP contribution in [0.4, 0.5) is 0 Å². The molecule has 0 amide bonds. The summed E-state index contributed by atoms with van der Waals surface area (Å²) in [5.41, 5.74) is 0.655. The number of hydrogen-bond donors (Lipinski definition) is 1. The SMILES string of the molecule is CCCCn1c(C)c(C(=O)O)c2ccccc2c1=O. The van der Waals surface area contributed by atoms with Crippen molar-refractivity contribution >= 4 is 16.7 Å². The number of rotatable bonds is 4. The summed E-state index contributed by atoms with van der Waals surface area (Å²) < 4.78 is 1.58. The summed E-state index contributed by atoms with van der Waals surface area (Å²) in [4.78, 5) is 23.9. The van der Waals surface area contributed by atoms with Crippen LogP contribution in [0.3, 0.4) is 0 Å². The van der Waals surface area contributed by atoms with Crippen LogP contribution in [0.15, 0.2) is 29.1 Å². The summed E-state index contributed by atoms with van der Waals surface area (Å²) in [6, 6.07) is 6.89. The molecule has 1 heterocycles. The molecule has 0 unspecified atom stereocenters. The van der Waals surface area contributed by atoms with E-state index in [4.69, 9.17) is 0 Å². The molecule has 0 bridgehead atoms. The molecule has 100 valence electrons. The Morgan fingerprint density at radius 1 is 1.26 bits per heavy atom. The molecule has 0 saturated carbocycles. The Labute approximate surface area is 111 Å². The van der Waals surface area contributed by atoms with Gasteiger partial charge in [-0.15, -0.1) is 0 Å². The number of aromatic nitrogens is 1. The van der Waals surface area contributed by atoms with Crippen LogP contribution in [-0.4, -0.2) is 15.6 Å². The number of unbranched alkanes of at least 4 members (excludes halogenated alkanes) is 1. The van der Waals surface area contributed by atoms with Crippen LogP contribution >= 0.6 is 0 Å². The van der Waals surface area contributed by atoms with E-state index in [9.17, 15) is 14.7 Å². The Balaban J connectivity index is 2.83. The van der Waals surface area contributed by atoms with Crippen LogP contribution in [0.25, 0.3) is 10.8 Å². The predicted molar refractivity (Wildman–Crippen MR) is 74.8 cm³/mol. The van der Waals surface area contributed by atoms with Gasteiger partial charge in [0, 0.05) is 23.0 Å². The zero-order valence-electron chi connectivity index (χ0n) is 11.1. The molecule has 0 aliphatic rings. The maximum Gasteiger partial charge on any atom is 0.338 e. The van der Waals surface area contributed by atoms with Gasteiger partial charge in [0.05, 0.1) is 5.56 Å². The highest BCUT2D eigenvalue weighted by Crippen LogP contribution is 2.19. The molecule has 4 heteroatoms. The van der Waals surface area contributed by atoms with E-state index in [1.807, 2.05) is 6.92 Å². The normalized spacial score (nSPS) is 10.8. The summed E-state index contributed by atoms with van der Waals surface area (Å²) in [7, 11) is 0. The van der Waals surface area contributed by atoms with Crippen LogP contribution in [0.2, 0.25) is 0 Å². The van der Waals surface area contributed by atoms with E-state index >= 15 is 0 Å². The van der Waals surface area contributed by atoms with E-state index in [-0.39, 0.29) is 11.1 Å². The average molecular weight is 259 g/mol. The molecule has 19 heavy (non-hydrogen) atoms. The van der Waals surface area contributed by atoms with Crippen molar-refractivity contribution in [3.63, 3.8) is 0 Å². The molecule has 0 fully saturated rings. The van der Waals surface area contributed by atoms with Crippen LogP contribution < -0.4 is 5.56 Å². The van der Waals surface area contributed by atoms with Gasteiger partial charge < -0.3 is 9.67 Å². The summed E-state index contributed by atoms with van der Waals surface area (Å²) >= 11 is 0. The van der Waals surface area contributed by atoms with Gasteiger partial charge in [-0.05, 0) is 19.4 Å². The van der Waals surface area contributed by atoms with Gasteiger partial charge in [0.2, 0.25) is 0 Å². The van der Waals surface area contributed by atoms with Gasteiger partial charge in [0.25, 0.3) is 5.56 Å². The van der Waals surface area contributed by atoms with Gasteiger partial charge >= 0.3 is 5.97 Å². The first-order valence-electron chi connectivity index (χ1n) is 6.43. The Morgan fingerprint density at radius 2 is 1.89 bits per heavy atom. The maximum atomic E-state index is 12.4. The van der Waals surface area contributed by atoms with Gasteiger partial charge in [-0.25, -0.2) is 4.79 Å². The van der Waals surface area contributed by atoms with E-state index in [1.54, 1.807) is 35.8 Å². The molecule has 0 atom stereocenters. The highest BCUT2D eigenvalue weighted by Gasteiger charge is 2.17. The van der Waals surface area contributed by atoms with Crippen molar-refractivity contribution < 1.29 is 9.90 Å². The third kappa shape index (κ3) is 2.26. The Morgan fingerprint density at radius 3 is 2.47 bits per heavy atom. The number of carboxylic acid groups (broad SMARTS) is 1. The number of aromatic carboxylic acids is 1. The summed E-state index contributed by atoms with van der Waals surface area (Å²) in [5.74, 6) is -0.987. The first-order valence-corrected chi connectivity index (χ1v) is 6.43. The molecule has 0 saturated heterocycles. The standard InChI is InChI=1S/C15H17NO3/c1-3-4-9-16-10(2)13(15(18)19)11-7-5-6-8-12(11)14(16)17/h5-8H,3-4,9H2,1-2H3,(H,18,19). The molecule has 0 aliphatic heterocycles. The van der Waals surface area contributed by atoms with Crippen molar-refractivity contribution in [1.82, 2.24) is 4.57 Å². The highest BCUT2D eigenvalue weighted by molar-refractivity contribution is 6.04. The topological polar surface area (TPSA) is 59.3 Å². The summed E-state index contributed by atoms with van der Waals surface area (Å²) in [6.45, 7) is 4.30. The number of hydrogen-bond acceptors (Lipinski definition) is 2. The van der Waals surface area contributed by atoms with E-state index in [1.165, 1.54) is 0 Å². The van der Waals surface area contributed by atoms with Crippen LogP contribution in [0.1, 0.15) is 35.8 Å². The van der Waals surface area contributed by atoms with Gasteiger partial charge in [-0.1, -0.05) is 31.5 Å². The number of carbonyl (C=O) groups is 1. The quantitative estimate of drug-likeness (QED) is 0.918. The number of pyridine rings is 1. The lowest BCUT2D eigenvalue weighted by molar-refractivity contribution is 0.0697. The fraction of sp³-hybridized carbons (Fsp3) is 0.333. The summed E-state index contributed by atoms with van der Waals surface area (Å²) in [5, 5.41) is 10.4. The third-order valence-corrected chi connectivity index (χ3v) is 3.39. The van der Waals surface area contributed by atoms with Crippen molar-refractivity contribution in [2.24, 2.45) is 0 Å². The van der Waals surface area contributed by atoms with Crippen LogP contribution in [-0.2, 0) is 6.54 Å². The van der Waals surface area contributed by atoms with Crippen molar-refractivity contribution in [1.29, 1.82) is 0 Å². The van der Waals surface area contributed by atoms with E-state index in [2.05, 4.69) is 0 Å². The fourth-order valence-electron chi connectivity index (χ4n) is 2.37. The Bertz CT molecular complexity index is 686. The molecule has 2 aromatic rings. The molecule has 4 nitrogen and oxygen atoms in total. The smallest absolute Gasteiger partial charge is 0.338 e. The van der Waals surface area contributed by atoms with E-state index in [0.29, 0.717) is 23.0 Å². The van der Waals surface area contributed by atoms with Gasteiger partial charge in [-0.3, -0.25) is 4.79 Å². The first kappa shape index (κ1) is 13.3. The summed E-state index contributed by atoms with van der Waals surface area (Å²) in [6.07, 6.45) is 1.82. The molecule has 1 aromatic carbocycles. The number of fused-ring (bicyclic) bond motifs is 1. The zero-order valence-corrected chi connectivity index (χ0v) is 11.1. The average Bonchev–Trinajstić information content (AvgIpc) is 2.38. The van der Waals surface area contributed by atoms with Crippen molar-refractivity contribution in [3.05, 3.63) is 45.9 Å². The second kappa shape index (κ2) is 5.26. The fourth-order valence-corrected chi connectivity index (χ4v) is 2.37. The van der Waals surface area contributed by atoms with Gasteiger partial charge in [-0.2, -0.15) is 0 Å². The van der Waals surface area contributed by atoms with Crippen molar-refractivity contribution in [3.8, 4) is 0 Å². The Kier molecular flexibility index (Phi) is 3.69. The van der Waals surface area contributed by atoms with Crippen LogP contribution in [0.5, 0.6) is 0 Å². The zero-order chi connectivity index (χ0) is 14.0. The molecule has 0 radical (unpaired) electrons. The van der Waals surface area contributed by atoms with Crippen LogP contribution in [0, 0.1) is 6.92 Å². The van der Waals surface area contributed by atoms with Crippen molar-refractivity contribution in [2.75, 3.05) is 0 Å². The minimum atomic E-state index is -0.987. The van der Waals surface area contributed by atoms with Crippen molar-refractivity contribution in [2.45, 2.75) is 33.2 Å². The third-order valence-electron chi connectivity index (χ3n) is 3.39. The van der Waals surface area contributed by atoms with Gasteiger partial charge in [0.1, 0.15) is 0 Å². The number of nitrogens with zero attached hydrogens (tertiary/aromatic N) is 1. The predicted octanol–water partition coefficient (Wildman–Crippen LogP) is 2.81. The first-order chi connectivity index (χ1) is 9.07. The number of benzene rings is 1. The minimum Gasteiger partial charge on any atom is -0.478 e. The molecule has 1 aromatic heterocycles. The minimum absolute atomic E-state index is 0.105. The largest absolute Gasteiger partial charge is 0.478 e. The molecule has 1 N–H and O–H groups in total. The lowest BCUT2D eigenvalue weighted by atomic mass is 10.0. The molecule has 0 aliphatic carbocycles. The van der Waals surface area contributed by atoms with E-state index < -0.39 is 5.97 Å². The van der Waals surface area contributed by atoms with Gasteiger partial charge in [0.15, 0.2) is 0 Å². The molecule has 2 rings (SSSR count). The lowest BCUT2D eigenvalue weighted by Gasteiger charge is -2.14. The monoisotopic (exact) mass is 259 g/mol. The lowest BCUT2D eigenvalue weighted by Crippen LogP contribution is -2.25. The second-order valence-corrected chi connectivity index (χ2v) is 4.62. The molecular formula is C15H17NO3. The van der Waals surface area contributed by atoms with E-state index in [0.717, 1.165) is 12.8 Å². The molecular weight excluding hydrogens is 242 g/mol. The Hall–Kier alpha value is -2.10. The highest BCUT2D eigenvalue weighted by atomic mass is 16.4. The molecule has 0 spiro atoms.